The second-order valence-electron chi connectivity index (χ2n) is 3.33. The third-order valence-electron chi connectivity index (χ3n) is 2.07. The maximum Gasteiger partial charge on any atom is 0.326 e. The molecule has 0 fully saturated rings. The van der Waals surface area contributed by atoms with Crippen molar-refractivity contribution in [3.63, 3.8) is 0 Å². The molecule has 1 unspecified atom stereocenters. The van der Waals surface area contributed by atoms with Crippen LogP contribution in [-0.2, 0) is 4.79 Å². The topological polar surface area (TPSA) is 49.3 Å². The normalized spacial score (nSPS) is 12.1. The highest BCUT2D eigenvalue weighted by Gasteiger charge is 2.16. The lowest BCUT2D eigenvalue weighted by molar-refractivity contribution is -0.137. The molecule has 3 nitrogen and oxygen atoms in total. The number of nitrogens with one attached hydrogen (secondary N) is 1. The average molecular weight is 260 g/mol. The molecule has 1 aromatic rings. The van der Waals surface area contributed by atoms with Gasteiger partial charge in [-0.3, -0.25) is 0 Å². The van der Waals surface area contributed by atoms with Gasteiger partial charge in [0.25, 0.3) is 0 Å². The molecule has 0 amide bonds. The Labute approximate surface area is 104 Å². The third kappa shape index (κ3) is 4.33. The molecule has 0 heterocycles. The Morgan fingerprint density at radius 2 is 2.38 bits per heavy atom. The molecule has 0 aliphatic carbocycles. The Hall–Kier alpha value is -0.870. The molecule has 0 aliphatic rings. The number of aliphatic carboxylic acids is 1. The Morgan fingerprint density at radius 1 is 1.62 bits per heavy atom. The van der Waals surface area contributed by atoms with Crippen LogP contribution in [-0.4, -0.2) is 29.1 Å². The second-order valence-corrected chi connectivity index (χ2v) is 4.75. The minimum absolute atomic E-state index is 0.564. The van der Waals surface area contributed by atoms with Gasteiger partial charge < -0.3 is 10.4 Å². The summed E-state index contributed by atoms with van der Waals surface area (Å²) in [6.45, 7) is 0. The van der Waals surface area contributed by atoms with Gasteiger partial charge in [-0.15, -0.1) is 0 Å². The van der Waals surface area contributed by atoms with E-state index in [0.29, 0.717) is 11.4 Å². The van der Waals surface area contributed by atoms with Crippen molar-refractivity contribution in [1.29, 1.82) is 0 Å². The van der Waals surface area contributed by atoms with Gasteiger partial charge in [0, 0.05) is 10.7 Å². The Kier molecular flexibility index (Phi) is 5.49. The van der Waals surface area contributed by atoms with E-state index in [-0.39, 0.29) is 0 Å². The Balaban J connectivity index is 2.64. The van der Waals surface area contributed by atoms with E-state index in [1.807, 2.05) is 6.26 Å². The van der Waals surface area contributed by atoms with E-state index in [1.54, 1.807) is 36.0 Å². The van der Waals surface area contributed by atoms with Crippen LogP contribution in [0, 0.1) is 0 Å². The van der Waals surface area contributed by atoms with Crippen LogP contribution >= 0.6 is 23.4 Å². The van der Waals surface area contributed by atoms with Gasteiger partial charge in [-0.05, 0) is 36.6 Å². The van der Waals surface area contributed by atoms with Gasteiger partial charge in [0.2, 0.25) is 0 Å². The predicted octanol–water partition coefficient (Wildman–Crippen LogP) is 2.96. The molecule has 16 heavy (non-hydrogen) atoms. The number of halogens is 1. The zero-order valence-corrected chi connectivity index (χ0v) is 10.5. The summed E-state index contributed by atoms with van der Waals surface area (Å²) in [5.41, 5.74) is 0.737. The van der Waals surface area contributed by atoms with Crippen LogP contribution in [0.1, 0.15) is 6.42 Å². The SMILES string of the molecule is CSCCC(Nc1cccc(Cl)c1)C(=O)O. The van der Waals surface area contributed by atoms with E-state index in [4.69, 9.17) is 16.7 Å². The third-order valence-corrected chi connectivity index (χ3v) is 2.95. The van der Waals surface area contributed by atoms with Gasteiger partial charge in [-0.25, -0.2) is 4.79 Å². The fourth-order valence-corrected chi connectivity index (χ4v) is 1.93. The molecule has 0 spiro atoms. The van der Waals surface area contributed by atoms with Crippen molar-refractivity contribution in [3.8, 4) is 0 Å². The molecule has 0 aromatic heterocycles. The van der Waals surface area contributed by atoms with Crippen molar-refractivity contribution >= 4 is 35.0 Å². The quantitative estimate of drug-likeness (QED) is 0.825. The molecule has 0 saturated heterocycles. The summed E-state index contributed by atoms with van der Waals surface area (Å²) in [5, 5.41) is 12.6. The lowest BCUT2D eigenvalue weighted by Crippen LogP contribution is -2.29. The predicted molar refractivity (Wildman–Crippen MR) is 69.5 cm³/mol. The monoisotopic (exact) mass is 259 g/mol. The van der Waals surface area contributed by atoms with Crippen LogP contribution in [0.5, 0.6) is 0 Å². The first-order valence-corrected chi connectivity index (χ1v) is 6.64. The van der Waals surface area contributed by atoms with Gasteiger partial charge in [0.05, 0.1) is 0 Å². The smallest absolute Gasteiger partial charge is 0.326 e. The molecule has 0 aliphatic heterocycles. The van der Waals surface area contributed by atoms with Crippen molar-refractivity contribution in [2.24, 2.45) is 0 Å². The fraction of sp³-hybridized carbons (Fsp3) is 0.364. The first-order chi connectivity index (χ1) is 7.63. The molecule has 1 aromatic carbocycles. The minimum atomic E-state index is -0.839. The largest absolute Gasteiger partial charge is 0.480 e. The van der Waals surface area contributed by atoms with E-state index in [9.17, 15) is 4.79 Å². The van der Waals surface area contributed by atoms with Crippen LogP contribution in [0.15, 0.2) is 24.3 Å². The summed E-state index contributed by atoms with van der Waals surface area (Å²) < 4.78 is 0. The highest BCUT2D eigenvalue weighted by molar-refractivity contribution is 7.98. The van der Waals surface area contributed by atoms with Crippen LogP contribution < -0.4 is 5.32 Å². The average Bonchev–Trinajstić information content (AvgIpc) is 2.24. The van der Waals surface area contributed by atoms with Crippen LogP contribution in [0.4, 0.5) is 5.69 Å². The standard InChI is InChI=1S/C11H14ClNO2S/c1-16-6-5-10(11(14)15)13-9-4-2-3-8(12)7-9/h2-4,7,10,13H,5-6H2,1H3,(H,14,15). The molecule has 88 valence electrons. The molecule has 0 radical (unpaired) electrons. The Morgan fingerprint density at radius 3 is 2.94 bits per heavy atom. The summed E-state index contributed by atoms with van der Waals surface area (Å²) >= 11 is 7.45. The highest BCUT2D eigenvalue weighted by atomic mass is 35.5. The molecular formula is C11H14ClNO2S. The van der Waals surface area contributed by atoms with Crippen molar-refractivity contribution in [3.05, 3.63) is 29.3 Å². The number of rotatable bonds is 6. The number of carbonyl (C=O) groups is 1. The summed E-state index contributed by atoms with van der Waals surface area (Å²) in [6, 6.07) is 6.51. The lowest BCUT2D eigenvalue weighted by atomic mass is 10.2. The van der Waals surface area contributed by atoms with Crippen LogP contribution in [0.25, 0.3) is 0 Å². The van der Waals surface area contributed by atoms with E-state index < -0.39 is 12.0 Å². The van der Waals surface area contributed by atoms with E-state index in [0.717, 1.165) is 11.4 Å². The zero-order chi connectivity index (χ0) is 12.0. The molecular weight excluding hydrogens is 246 g/mol. The van der Waals surface area contributed by atoms with Crippen molar-refractivity contribution < 1.29 is 9.90 Å². The number of carboxylic acids is 1. The van der Waals surface area contributed by atoms with Gasteiger partial charge in [0.15, 0.2) is 0 Å². The summed E-state index contributed by atoms with van der Waals surface area (Å²) in [4.78, 5) is 11.0. The van der Waals surface area contributed by atoms with Gasteiger partial charge in [0.1, 0.15) is 6.04 Å². The van der Waals surface area contributed by atoms with E-state index >= 15 is 0 Å². The number of anilines is 1. The molecule has 0 saturated carbocycles. The number of benzene rings is 1. The van der Waals surface area contributed by atoms with Crippen molar-refractivity contribution in [1.82, 2.24) is 0 Å². The summed E-state index contributed by atoms with van der Waals surface area (Å²) in [6.07, 6.45) is 2.54. The van der Waals surface area contributed by atoms with Gasteiger partial charge in [-0.1, -0.05) is 17.7 Å². The number of hydrogen-bond acceptors (Lipinski definition) is 3. The summed E-state index contributed by atoms with van der Waals surface area (Å²) in [5.74, 6) is -0.0288. The number of hydrogen-bond donors (Lipinski definition) is 2. The summed E-state index contributed by atoms with van der Waals surface area (Å²) in [7, 11) is 0. The van der Waals surface area contributed by atoms with Crippen LogP contribution in [0.2, 0.25) is 5.02 Å². The van der Waals surface area contributed by atoms with Gasteiger partial charge in [-0.2, -0.15) is 11.8 Å². The van der Waals surface area contributed by atoms with Gasteiger partial charge >= 0.3 is 5.97 Å². The highest BCUT2D eigenvalue weighted by Crippen LogP contribution is 2.17. The van der Waals surface area contributed by atoms with Crippen molar-refractivity contribution in [2.45, 2.75) is 12.5 Å². The first-order valence-electron chi connectivity index (χ1n) is 4.87. The Bertz CT molecular complexity index is 360. The number of carboxylic acid groups (broad SMARTS) is 1. The maximum atomic E-state index is 11.0. The molecule has 2 N–H and O–H groups in total. The molecule has 1 atom stereocenters. The van der Waals surface area contributed by atoms with Crippen molar-refractivity contribution in [2.75, 3.05) is 17.3 Å². The second kappa shape index (κ2) is 6.66. The van der Waals surface area contributed by atoms with E-state index in [2.05, 4.69) is 5.32 Å². The van der Waals surface area contributed by atoms with E-state index in [1.165, 1.54) is 0 Å². The number of thioether (sulfide) groups is 1. The maximum absolute atomic E-state index is 11.0. The van der Waals surface area contributed by atoms with Crippen LogP contribution in [0.3, 0.4) is 0 Å². The lowest BCUT2D eigenvalue weighted by Gasteiger charge is -2.15. The molecule has 5 heteroatoms. The first kappa shape index (κ1) is 13.2. The zero-order valence-electron chi connectivity index (χ0n) is 8.94. The minimum Gasteiger partial charge on any atom is -0.480 e. The molecule has 0 bridgehead atoms. The fourth-order valence-electron chi connectivity index (χ4n) is 1.27. The molecule has 1 rings (SSSR count).